The maximum absolute atomic E-state index is 13.2. The van der Waals surface area contributed by atoms with E-state index < -0.39 is 18.2 Å². The molecule has 1 aliphatic rings. The molecule has 1 fully saturated rings. The van der Waals surface area contributed by atoms with Crippen molar-refractivity contribution in [3.8, 4) is 22.6 Å². The van der Waals surface area contributed by atoms with Gasteiger partial charge in [0.2, 0.25) is 0 Å². The molecule has 0 spiro atoms. The Kier molecular flexibility index (Phi) is 8.04. The van der Waals surface area contributed by atoms with E-state index in [0.29, 0.717) is 48.6 Å². The number of aliphatic carboxylic acids is 1. The van der Waals surface area contributed by atoms with Crippen LogP contribution in [-0.4, -0.2) is 53.4 Å². The summed E-state index contributed by atoms with van der Waals surface area (Å²) in [6.07, 6.45) is -2.32. The van der Waals surface area contributed by atoms with Gasteiger partial charge in [-0.3, -0.25) is 9.59 Å². The minimum atomic E-state index is -4.76. The highest BCUT2D eigenvalue weighted by molar-refractivity contribution is 5.98. The Morgan fingerprint density at radius 1 is 1.08 bits per heavy atom. The number of carboxylic acid groups (broad SMARTS) is 1. The van der Waals surface area contributed by atoms with Gasteiger partial charge in [-0.1, -0.05) is 18.2 Å². The number of piperidine rings is 1. The number of hydrogen-bond acceptors (Lipinski definition) is 6. The van der Waals surface area contributed by atoms with Crippen molar-refractivity contribution in [1.29, 1.82) is 0 Å². The van der Waals surface area contributed by atoms with Gasteiger partial charge in [-0.2, -0.15) is 0 Å². The fraction of sp³-hybridized carbons (Fsp3) is 0.296. The van der Waals surface area contributed by atoms with E-state index in [-0.39, 0.29) is 18.2 Å². The van der Waals surface area contributed by atoms with Crippen molar-refractivity contribution in [2.24, 2.45) is 5.92 Å². The van der Waals surface area contributed by atoms with E-state index in [4.69, 9.17) is 4.74 Å². The quantitative estimate of drug-likeness (QED) is 0.413. The zero-order chi connectivity index (χ0) is 27.3. The number of carbonyl (C=O) groups is 2. The normalized spacial score (nSPS) is 14.2. The highest BCUT2D eigenvalue weighted by Crippen LogP contribution is 2.30. The topological polar surface area (TPSA) is 101 Å². The first-order valence-electron chi connectivity index (χ1n) is 11.9. The molecule has 0 bridgehead atoms. The number of nitrogens with zero attached hydrogens (tertiary/aromatic N) is 2. The molecule has 4 rings (SSSR count). The van der Waals surface area contributed by atoms with E-state index in [1.54, 1.807) is 35.4 Å². The molecule has 0 radical (unpaired) electrons. The molecule has 2 heterocycles. The summed E-state index contributed by atoms with van der Waals surface area (Å²) < 4.78 is 46.7. The molecule has 1 amide bonds. The minimum Gasteiger partial charge on any atom is -0.496 e. The van der Waals surface area contributed by atoms with Crippen LogP contribution in [0.15, 0.2) is 60.8 Å². The van der Waals surface area contributed by atoms with Crippen molar-refractivity contribution in [2.45, 2.75) is 25.7 Å². The lowest BCUT2D eigenvalue weighted by Gasteiger charge is -2.30. The van der Waals surface area contributed by atoms with Crippen molar-refractivity contribution in [3.63, 3.8) is 0 Å². The van der Waals surface area contributed by atoms with Crippen LogP contribution in [0.3, 0.4) is 0 Å². The summed E-state index contributed by atoms with van der Waals surface area (Å²) >= 11 is 0. The Morgan fingerprint density at radius 3 is 2.45 bits per heavy atom. The molecule has 11 heteroatoms. The smallest absolute Gasteiger partial charge is 0.496 e. The van der Waals surface area contributed by atoms with Crippen LogP contribution < -0.4 is 14.8 Å². The summed E-state index contributed by atoms with van der Waals surface area (Å²) in [6.45, 7) is 0.952. The lowest BCUT2D eigenvalue weighted by Crippen LogP contribution is -2.40. The predicted octanol–water partition coefficient (Wildman–Crippen LogP) is 5.20. The van der Waals surface area contributed by atoms with Gasteiger partial charge in [-0.05, 0) is 60.4 Å². The molecule has 0 aliphatic carbocycles. The second-order valence-corrected chi connectivity index (χ2v) is 8.80. The number of aromatic nitrogens is 1. The van der Waals surface area contributed by atoms with Gasteiger partial charge >= 0.3 is 12.3 Å². The average Bonchev–Trinajstić information content (AvgIpc) is 2.91. The second-order valence-electron chi connectivity index (χ2n) is 8.80. The van der Waals surface area contributed by atoms with Crippen LogP contribution in [0.4, 0.5) is 19.0 Å². The zero-order valence-electron chi connectivity index (χ0n) is 20.5. The molecule has 1 aromatic heterocycles. The van der Waals surface area contributed by atoms with Crippen molar-refractivity contribution in [2.75, 3.05) is 25.5 Å². The van der Waals surface area contributed by atoms with Gasteiger partial charge in [-0.15, -0.1) is 13.2 Å². The van der Waals surface area contributed by atoms with Crippen LogP contribution in [0, 0.1) is 5.92 Å². The largest absolute Gasteiger partial charge is 0.573 e. The Labute approximate surface area is 217 Å². The molecule has 3 aromatic rings. The minimum absolute atomic E-state index is 0.226. The number of carbonyl (C=O) groups excluding carboxylic acids is 1. The lowest BCUT2D eigenvalue weighted by molar-refractivity contribution is -0.274. The number of nitrogens with one attached hydrogen (secondary N) is 1. The van der Waals surface area contributed by atoms with Crippen LogP contribution in [0.1, 0.15) is 28.8 Å². The monoisotopic (exact) mass is 529 g/mol. The number of methoxy groups -OCH3 is 1. The van der Waals surface area contributed by atoms with Crippen molar-refractivity contribution in [1.82, 2.24) is 9.88 Å². The van der Waals surface area contributed by atoms with Gasteiger partial charge in [0.1, 0.15) is 17.3 Å². The van der Waals surface area contributed by atoms with Gasteiger partial charge in [0, 0.05) is 31.4 Å². The van der Waals surface area contributed by atoms with E-state index in [1.807, 2.05) is 12.1 Å². The summed E-state index contributed by atoms with van der Waals surface area (Å²) in [5, 5.41) is 12.3. The third-order valence-corrected chi connectivity index (χ3v) is 6.26. The molecule has 0 unspecified atom stereocenters. The fourth-order valence-electron chi connectivity index (χ4n) is 4.27. The first kappa shape index (κ1) is 26.8. The number of carboxylic acids is 1. The molecule has 200 valence electrons. The molecular formula is C27H26F3N3O5. The standard InChI is InChI=1S/C27H26F3N3O5/c1-37-23-7-5-19(14-22(23)25(34)33-11-9-18(10-12-33)26(35)36)20-6-8-24(32-16-20)31-15-17-3-2-4-21(13-17)38-27(28,29)30/h2-8,13-14,16,18H,9-12,15H2,1H3,(H,31,32)(H,35,36). The molecule has 2 aromatic carbocycles. The first-order valence-corrected chi connectivity index (χ1v) is 11.9. The number of alkyl halides is 3. The predicted molar refractivity (Wildman–Crippen MR) is 133 cm³/mol. The van der Waals surface area contributed by atoms with Crippen LogP contribution >= 0.6 is 0 Å². The number of likely N-dealkylation sites (tertiary alicyclic amines) is 1. The number of ether oxygens (including phenoxy) is 2. The maximum Gasteiger partial charge on any atom is 0.573 e. The molecule has 8 nitrogen and oxygen atoms in total. The van der Waals surface area contributed by atoms with Crippen LogP contribution in [0.2, 0.25) is 0 Å². The summed E-state index contributed by atoms with van der Waals surface area (Å²) in [5.74, 6) is -0.871. The summed E-state index contributed by atoms with van der Waals surface area (Å²) in [4.78, 5) is 30.5. The van der Waals surface area contributed by atoms with Gasteiger partial charge in [0.05, 0.1) is 18.6 Å². The van der Waals surface area contributed by atoms with E-state index >= 15 is 0 Å². The van der Waals surface area contributed by atoms with E-state index in [1.165, 1.54) is 25.3 Å². The van der Waals surface area contributed by atoms with Gasteiger partial charge < -0.3 is 24.8 Å². The second kappa shape index (κ2) is 11.4. The number of benzene rings is 2. The zero-order valence-corrected chi connectivity index (χ0v) is 20.5. The Morgan fingerprint density at radius 2 is 1.82 bits per heavy atom. The van der Waals surface area contributed by atoms with Crippen molar-refractivity contribution >= 4 is 17.7 Å². The third-order valence-electron chi connectivity index (χ3n) is 6.26. The SMILES string of the molecule is COc1ccc(-c2ccc(NCc3cccc(OC(F)(F)F)c3)nc2)cc1C(=O)N1CCC(C(=O)O)CC1. The van der Waals surface area contributed by atoms with Crippen LogP contribution in [-0.2, 0) is 11.3 Å². The highest BCUT2D eigenvalue weighted by atomic mass is 19.4. The number of anilines is 1. The molecular weight excluding hydrogens is 503 g/mol. The number of amides is 1. The molecule has 0 saturated carbocycles. The maximum atomic E-state index is 13.2. The number of halogens is 3. The summed E-state index contributed by atoms with van der Waals surface area (Å²) in [6, 6.07) is 14.5. The highest BCUT2D eigenvalue weighted by Gasteiger charge is 2.31. The Bertz CT molecular complexity index is 1290. The van der Waals surface area contributed by atoms with Crippen molar-refractivity contribution < 1.29 is 37.3 Å². The fourth-order valence-corrected chi connectivity index (χ4v) is 4.27. The summed E-state index contributed by atoms with van der Waals surface area (Å²) in [7, 11) is 1.48. The number of hydrogen-bond donors (Lipinski definition) is 2. The molecule has 1 saturated heterocycles. The van der Waals surface area contributed by atoms with Gasteiger partial charge in [-0.25, -0.2) is 4.98 Å². The van der Waals surface area contributed by atoms with E-state index in [2.05, 4.69) is 15.0 Å². The molecule has 2 N–H and O–H groups in total. The molecule has 0 atom stereocenters. The average molecular weight is 530 g/mol. The van der Waals surface area contributed by atoms with Crippen LogP contribution in [0.25, 0.3) is 11.1 Å². The lowest BCUT2D eigenvalue weighted by atomic mass is 9.96. The third kappa shape index (κ3) is 6.72. The molecule has 38 heavy (non-hydrogen) atoms. The van der Waals surface area contributed by atoms with E-state index in [9.17, 15) is 27.9 Å². The summed E-state index contributed by atoms with van der Waals surface area (Å²) in [5.41, 5.74) is 2.45. The van der Waals surface area contributed by atoms with Gasteiger partial charge in [0.15, 0.2) is 0 Å². The van der Waals surface area contributed by atoms with E-state index in [0.717, 1.165) is 11.1 Å². The van der Waals surface area contributed by atoms with Crippen LogP contribution in [0.5, 0.6) is 11.5 Å². The van der Waals surface area contributed by atoms with Crippen molar-refractivity contribution in [3.05, 3.63) is 71.9 Å². The Balaban J connectivity index is 1.44. The Hall–Kier alpha value is -4.28. The molecule has 1 aliphatic heterocycles. The van der Waals surface area contributed by atoms with Gasteiger partial charge in [0.25, 0.3) is 5.91 Å². The first-order chi connectivity index (χ1) is 18.1. The number of rotatable bonds is 8. The number of pyridine rings is 1.